The van der Waals surface area contributed by atoms with Crippen LogP contribution in [0.1, 0.15) is 63.4 Å². The molecule has 3 aliphatic rings. The minimum atomic E-state index is 0.574. The van der Waals surface area contributed by atoms with Crippen LogP contribution in [0.5, 0.6) is 0 Å². The van der Waals surface area contributed by atoms with Gasteiger partial charge in [0.05, 0.1) is 0 Å². The SMILES string of the molecule is CN=C(NCCCCN1CCC(Cc2ccccc2)CC1)NC1CC2CCCC(C1)N2C. The van der Waals surface area contributed by atoms with Crippen molar-refractivity contribution in [1.29, 1.82) is 0 Å². The van der Waals surface area contributed by atoms with Gasteiger partial charge in [0.25, 0.3) is 0 Å². The van der Waals surface area contributed by atoms with Gasteiger partial charge in [0.1, 0.15) is 0 Å². The normalized spacial score (nSPS) is 27.9. The van der Waals surface area contributed by atoms with Gasteiger partial charge in [-0.3, -0.25) is 4.99 Å². The van der Waals surface area contributed by atoms with Crippen molar-refractivity contribution in [2.24, 2.45) is 10.9 Å². The Morgan fingerprint density at radius 2 is 1.72 bits per heavy atom. The van der Waals surface area contributed by atoms with Gasteiger partial charge in [0.2, 0.25) is 0 Å². The Hall–Kier alpha value is -1.59. The molecule has 3 heterocycles. The van der Waals surface area contributed by atoms with E-state index >= 15 is 0 Å². The summed E-state index contributed by atoms with van der Waals surface area (Å²) in [6.45, 7) is 4.80. The van der Waals surface area contributed by atoms with Crippen LogP contribution in [-0.2, 0) is 6.42 Å². The Morgan fingerprint density at radius 3 is 2.41 bits per heavy atom. The second kappa shape index (κ2) is 12.0. The monoisotopic (exact) mass is 439 g/mol. The number of hydrogen-bond donors (Lipinski definition) is 2. The minimum Gasteiger partial charge on any atom is -0.356 e. The van der Waals surface area contributed by atoms with E-state index in [1.807, 2.05) is 7.05 Å². The summed E-state index contributed by atoms with van der Waals surface area (Å²) >= 11 is 0. The third-order valence-corrected chi connectivity index (χ3v) is 8.17. The first-order chi connectivity index (χ1) is 15.7. The summed E-state index contributed by atoms with van der Waals surface area (Å²) in [5, 5.41) is 7.29. The molecule has 3 saturated heterocycles. The molecule has 2 N–H and O–H groups in total. The first kappa shape index (κ1) is 23.6. The van der Waals surface area contributed by atoms with Crippen molar-refractivity contribution in [3.8, 4) is 0 Å². The molecule has 2 unspecified atom stereocenters. The minimum absolute atomic E-state index is 0.574. The molecule has 1 aromatic carbocycles. The molecular formula is C27H45N5. The number of guanidine groups is 1. The number of rotatable bonds is 8. The van der Waals surface area contributed by atoms with Crippen LogP contribution in [0.2, 0.25) is 0 Å². The Morgan fingerprint density at radius 1 is 1.00 bits per heavy atom. The van der Waals surface area contributed by atoms with E-state index in [-0.39, 0.29) is 0 Å². The maximum atomic E-state index is 4.50. The van der Waals surface area contributed by atoms with Gasteiger partial charge in [-0.2, -0.15) is 0 Å². The number of unbranched alkanes of at least 4 members (excludes halogenated alkanes) is 1. The number of fused-ring (bicyclic) bond motifs is 2. The smallest absolute Gasteiger partial charge is 0.191 e. The van der Waals surface area contributed by atoms with E-state index in [1.54, 1.807) is 0 Å². The van der Waals surface area contributed by atoms with Gasteiger partial charge in [0, 0.05) is 31.7 Å². The zero-order chi connectivity index (χ0) is 22.2. The molecule has 0 saturated carbocycles. The third-order valence-electron chi connectivity index (χ3n) is 8.17. The van der Waals surface area contributed by atoms with Crippen molar-refractivity contribution < 1.29 is 0 Å². The van der Waals surface area contributed by atoms with Crippen molar-refractivity contribution in [3.05, 3.63) is 35.9 Å². The molecule has 0 aromatic heterocycles. The van der Waals surface area contributed by atoms with Crippen LogP contribution < -0.4 is 10.6 Å². The van der Waals surface area contributed by atoms with Crippen molar-refractivity contribution >= 4 is 5.96 Å². The van der Waals surface area contributed by atoms with Crippen molar-refractivity contribution in [2.75, 3.05) is 40.3 Å². The summed E-state index contributed by atoms with van der Waals surface area (Å²) < 4.78 is 0. The fraction of sp³-hybridized carbons (Fsp3) is 0.741. The molecule has 5 heteroatoms. The van der Waals surface area contributed by atoms with Crippen LogP contribution >= 0.6 is 0 Å². The van der Waals surface area contributed by atoms with Gasteiger partial charge in [0.15, 0.2) is 5.96 Å². The number of likely N-dealkylation sites (tertiary alicyclic amines) is 1. The van der Waals surface area contributed by atoms with Crippen LogP contribution in [0.15, 0.2) is 35.3 Å². The average Bonchev–Trinajstić information content (AvgIpc) is 2.80. The maximum absolute atomic E-state index is 4.50. The van der Waals surface area contributed by atoms with Crippen molar-refractivity contribution in [3.63, 3.8) is 0 Å². The maximum Gasteiger partial charge on any atom is 0.191 e. The summed E-state index contributed by atoms with van der Waals surface area (Å²) in [6.07, 6.45) is 13.1. The van der Waals surface area contributed by atoms with E-state index in [1.165, 1.54) is 89.4 Å². The van der Waals surface area contributed by atoms with Crippen LogP contribution in [0.4, 0.5) is 0 Å². The lowest BCUT2D eigenvalue weighted by atomic mass is 9.82. The summed E-state index contributed by atoms with van der Waals surface area (Å²) in [5.41, 5.74) is 1.50. The Balaban J connectivity index is 1.07. The van der Waals surface area contributed by atoms with E-state index < -0.39 is 0 Å². The van der Waals surface area contributed by atoms with Crippen molar-refractivity contribution in [2.45, 2.75) is 82.3 Å². The summed E-state index contributed by atoms with van der Waals surface area (Å²) in [5.74, 6) is 1.86. The number of nitrogens with one attached hydrogen (secondary N) is 2. The Kier molecular flexibility index (Phi) is 8.86. The fourth-order valence-corrected chi connectivity index (χ4v) is 6.15. The molecule has 5 nitrogen and oxygen atoms in total. The lowest BCUT2D eigenvalue weighted by Crippen LogP contribution is -2.56. The summed E-state index contributed by atoms with van der Waals surface area (Å²) in [4.78, 5) is 9.80. The Labute approximate surface area is 196 Å². The molecule has 0 aliphatic carbocycles. The number of benzene rings is 1. The molecular weight excluding hydrogens is 394 g/mol. The molecule has 4 rings (SSSR count). The summed E-state index contributed by atoms with van der Waals surface area (Å²) in [6, 6.07) is 13.1. The molecule has 0 amide bonds. The standard InChI is InChI=1S/C27H45N5/c1-28-27(30-24-20-25-11-8-12-26(21-24)31(25)2)29-15-6-7-16-32-17-13-23(14-18-32)19-22-9-4-3-5-10-22/h3-5,9-10,23-26H,6-8,11-21H2,1-2H3,(H2,28,29,30). The predicted octanol–water partition coefficient (Wildman–Crippen LogP) is 3.90. The van der Waals surface area contributed by atoms with E-state index in [2.05, 4.69) is 62.8 Å². The zero-order valence-corrected chi connectivity index (χ0v) is 20.4. The van der Waals surface area contributed by atoms with Crippen LogP contribution in [0.25, 0.3) is 0 Å². The molecule has 3 aliphatic heterocycles. The predicted molar refractivity (Wildman–Crippen MR) is 135 cm³/mol. The quantitative estimate of drug-likeness (QED) is 0.366. The molecule has 2 bridgehead atoms. The largest absolute Gasteiger partial charge is 0.356 e. The fourth-order valence-electron chi connectivity index (χ4n) is 6.15. The number of nitrogens with zero attached hydrogens (tertiary/aromatic N) is 3. The van der Waals surface area contributed by atoms with Crippen LogP contribution in [0.3, 0.4) is 0 Å². The lowest BCUT2D eigenvalue weighted by molar-refractivity contribution is 0.0526. The van der Waals surface area contributed by atoms with Crippen LogP contribution in [0, 0.1) is 5.92 Å². The average molecular weight is 440 g/mol. The second-order valence-corrected chi connectivity index (χ2v) is 10.4. The highest BCUT2D eigenvalue weighted by Crippen LogP contribution is 2.32. The molecule has 0 spiro atoms. The van der Waals surface area contributed by atoms with Gasteiger partial charge in [-0.05, 0) is 96.0 Å². The van der Waals surface area contributed by atoms with E-state index in [4.69, 9.17) is 0 Å². The Bertz CT molecular complexity index is 683. The van der Waals surface area contributed by atoms with E-state index in [0.717, 1.165) is 30.5 Å². The van der Waals surface area contributed by atoms with Crippen molar-refractivity contribution in [1.82, 2.24) is 20.4 Å². The van der Waals surface area contributed by atoms with Gasteiger partial charge >= 0.3 is 0 Å². The molecule has 178 valence electrons. The topological polar surface area (TPSA) is 42.9 Å². The highest BCUT2D eigenvalue weighted by molar-refractivity contribution is 5.79. The van der Waals surface area contributed by atoms with Gasteiger partial charge in [-0.1, -0.05) is 36.8 Å². The lowest BCUT2D eigenvalue weighted by Gasteiger charge is -2.47. The summed E-state index contributed by atoms with van der Waals surface area (Å²) in [7, 11) is 4.23. The number of piperidine rings is 3. The van der Waals surface area contributed by atoms with E-state index in [0.29, 0.717) is 6.04 Å². The number of hydrogen-bond acceptors (Lipinski definition) is 3. The zero-order valence-electron chi connectivity index (χ0n) is 20.4. The second-order valence-electron chi connectivity index (χ2n) is 10.4. The van der Waals surface area contributed by atoms with E-state index in [9.17, 15) is 0 Å². The third kappa shape index (κ3) is 6.71. The van der Waals surface area contributed by atoms with Crippen LogP contribution in [-0.4, -0.2) is 74.2 Å². The van der Waals surface area contributed by atoms with Gasteiger partial charge < -0.3 is 20.4 Å². The molecule has 2 atom stereocenters. The van der Waals surface area contributed by atoms with Gasteiger partial charge in [-0.15, -0.1) is 0 Å². The first-order valence-corrected chi connectivity index (χ1v) is 13.2. The highest BCUT2D eigenvalue weighted by atomic mass is 15.2. The van der Waals surface area contributed by atoms with Gasteiger partial charge in [-0.25, -0.2) is 0 Å². The molecule has 1 aromatic rings. The molecule has 0 radical (unpaired) electrons. The number of aliphatic imine (C=N–C) groups is 1. The first-order valence-electron chi connectivity index (χ1n) is 13.2. The molecule has 32 heavy (non-hydrogen) atoms. The molecule has 3 fully saturated rings. The highest BCUT2D eigenvalue weighted by Gasteiger charge is 2.36.